The average molecular weight is 332 g/mol. The van der Waals surface area contributed by atoms with E-state index in [0.717, 1.165) is 28.9 Å². The molecule has 1 fully saturated rings. The number of carbonyl (C=O) groups is 1. The summed E-state index contributed by atoms with van der Waals surface area (Å²) < 4.78 is 0. The number of nitrogens with zero attached hydrogens (tertiary/aromatic N) is 3. The van der Waals surface area contributed by atoms with Gasteiger partial charge in [-0.05, 0) is 46.1 Å². The lowest BCUT2D eigenvalue weighted by molar-refractivity contribution is -0.136. The third-order valence-corrected chi connectivity index (χ3v) is 5.52. The number of rotatable bonds is 4. The van der Waals surface area contributed by atoms with Crippen LogP contribution in [0.25, 0.3) is 10.2 Å². The molecule has 3 rings (SSSR count). The Hall–Kier alpha value is -1.69. The topological polar surface area (TPSA) is 58.1 Å². The Kier molecular flexibility index (Phi) is 4.80. The van der Waals surface area contributed by atoms with Crippen molar-refractivity contribution < 1.29 is 4.79 Å². The number of hydrogen-bond acceptors (Lipinski definition) is 5. The summed E-state index contributed by atoms with van der Waals surface area (Å²) in [5, 5.41) is 4.35. The zero-order valence-corrected chi connectivity index (χ0v) is 14.8. The van der Waals surface area contributed by atoms with Gasteiger partial charge >= 0.3 is 0 Å². The molecule has 0 radical (unpaired) electrons. The molecule has 23 heavy (non-hydrogen) atoms. The Morgan fingerprint density at radius 2 is 2.09 bits per heavy atom. The number of carbonyl (C=O) groups excluding carboxylic acids is 1. The third-order valence-electron chi connectivity index (χ3n) is 4.57. The van der Waals surface area contributed by atoms with Gasteiger partial charge in [-0.25, -0.2) is 9.97 Å². The molecule has 2 aromatic heterocycles. The van der Waals surface area contributed by atoms with Gasteiger partial charge in [-0.15, -0.1) is 11.3 Å². The van der Waals surface area contributed by atoms with Crippen molar-refractivity contribution in [3.8, 4) is 0 Å². The lowest BCUT2D eigenvalue weighted by atomic mass is 9.97. The first-order valence-corrected chi connectivity index (χ1v) is 9.14. The van der Waals surface area contributed by atoms with E-state index < -0.39 is 0 Å². The zero-order chi connectivity index (χ0) is 16.4. The fourth-order valence-corrected chi connectivity index (χ4v) is 4.29. The van der Waals surface area contributed by atoms with Crippen LogP contribution in [-0.2, 0) is 4.79 Å². The second-order valence-corrected chi connectivity index (χ2v) is 7.64. The number of fused-ring (bicyclic) bond motifs is 1. The molecule has 3 heterocycles. The molecule has 1 N–H and O–H groups in total. The lowest BCUT2D eigenvalue weighted by Crippen LogP contribution is -2.47. The van der Waals surface area contributed by atoms with Crippen LogP contribution in [0.15, 0.2) is 12.4 Å². The molecule has 1 saturated heterocycles. The second kappa shape index (κ2) is 6.83. The van der Waals surface area contributed by atoms with Gasteiger partial charge in [0.2, 0.25) is 5.91 Å². The zero-order valence-electron chi connectivity index (χ0n) is 14.0. The van der Waals surface area contributed by atoms with E-state index in [4.69, 9.17) is 0 Å². The molecule has 1 amide bonds. The van der Waals surface area contributed by atoms with E-state index in [9.17, 15) is 4.79 Å². The fraction of sp³-hybridized carbons (Fsp3) is 0.588. The molecule has 0 bridgehead atoms. The van der Waals surface area contributed by atoms with Crippen molar-refractivity contribution in [1.29, 1.82) is 0 Å². The van der Waals surface area contributed by atoms with E-state index >= 15 is 0 Å². The summed E-state index contributed by atoms with van der Waals surface area (Å²) in [6.07, 6.45) is 5.54. The molecule has 2 aromatic rings. The van der Waals surface area contributed by atoms with Crippen LogP contribution in [0.3, 0.4) is 0 Å². The van der Waals surface area contributed by atoms with Gasteiger partial charge in [-0.2, -0.15) is 0 Å². The smallest absolute Gasteiger partial charge is 0.224 e. The molecule has 2 unspecified atom stereocenters. The van der Waals surface area contributed by atoms with Crippen LogP contribution in [0.2, 0.25) is 0 Å². The van der Waals surface area contributed by atoms with Crippen LogP contribution in [0, 0.1) is 6.92 Å². The van der Waals surface area contributed by atoms with Crippen LogP contribution in [-0.4, -0.2) is 39.4 Å². The van der Waals surface area contributed by atoms with E-state index in [1.807, 2.05) is 0 Å². The maximum absolute atomic E-state index is 12.5. The summed E-state index contributed by atoms with van der Waals surface area (Å²) in [6, 6.07) is 2.81. The first-order chi connectivity index (χ1) is 11.1. The maximum Gasteiger partial charge on any atom is 0.224 e. The molecular weight excluding hydrogens is 308 g/mol. The number of likely N-dealkylation sites (tertiary alicyclic amines) is 1. The Balaban J connectivity index is 1.61. The van der Waals surface area contributed by atoms with E-state index in [1.165, 1.54) is 11.3 Å². The van der Waals surface area contributed by atoms with Gasteiger partial charge in [0.15, 0.2) is 0 Å². The standard InChI is InChI=1S/C17H24N4OS/c1-11-5-4-6-12(2)21(11)15(22)7-8-18-16-14-9-13(3)23-17(14)20-10-19-16/h9-12H,4-8H2,1-3H3,(H,18,19,20). The first kappa shape index (κ1) is 16.2. The van der Waals surface area contributed by atoms with Gasteiger partial charge in [-0.3, -0.25) is 4.79 Å². The van der Waals surface area contributed by atoms with Gasteiger partial charge in [0.1, 0.15) is 17.0 Å². The summed E-state index contributed by atoms with van der Waals surface area (Å²) in [6.45, 7) is 6.99. The van der Waals surface area contributed by atoms with Crippen LogP contribution in [0.4, 0.5) is 5.82 Å². The van der Waals surface area contributed by atoms with Crippen molar-refractivity contribution in [2.24, 2.45) is 0 Å². The van der Waals surface area contributed by atoms with Crippen molar-refractivity contribution in [2.45, 2.75) is 58.5 Å². The van der Waals surface area contributed by atoms with Crippen molar-refractivity contribution in [2.75, 3.05) is 11.9 Å². The lowest BCUT2D eigenvalue weighted by Gasteiger charge is -2.39. The van der Waals surface area contributed by atoms with Crippen LogP contribution in [0.5, 0.6) is 0 Å². The predicted octanol–water partition coefficient (Wildman–Crippen LogP) is 3.59. The second-order valence-electron chi connectivity index (χ2n) is 6.40. The molecule has 1 aliphatic heterocycles. The largest absolute Gasteiger partial charge is 0.369 e. The van der Waals surface area contributed by atoms with E-state index in [2.05, 4.69) is 47.0 Å². The normalized spacial score (nSPS) is 21.6. The highest BCUT2D eigenvalue weighted by Crippen LogP contribution is 2.27. The predicted molar refractivity (Wildman–Crippen MR) is 94.9 cm³/mol. The summed E-state index contributed by atoms with van der Waals surface area (Å²) in [5.74, 6) is 1.07. The highest BCUT2D eigenvalue weighted by atomic mass is 32.1. The molecule has 0 aromatic carbocycles. The van der Waals surface area contributed by atoms with Crippen molar-refractivity contribution >= 4 is 33.3 Å². The molecule has 2 atom stereocenters. The molecule has 0 spiro atoms. The Morgan fingerprint density at radius 3 is 2.83 bits per heavy atom. The summed E-state index contributed by atoms with van der Waals surface area (Å²) in [7, 11) is 0. The highest BCUT2D eigenvalue weighted by Gasteiger charge is 2.28. The summed E-state index contributed by atoms with van der Waals surface area (Å²) in [4.78, 5) is 25.4. The number of anilines is 1. The van der Waals surface area contributed by atoms with Gasteiger partial charge in [-0.1, -0.05) is 0 Å². The first-order valence-electron chi connectivity index (χ1n) is 8.32. The van der Waals surface area contributed by atoms with E-state index in [-0.39, 0.29) is 5.91 Å². The quantitative estimate of drug-likeness (QED) is 0.929. The number of hydrogen-bond donors (Lipinski definition) is 1. The summed E-state index contributed by atoms with van der Waals surface area (Å²) >= 11 is 1.66. The minimum absolute atomic E-state index is 0.240. The summed E-state index contributed by atoms with van der Waals surface area (Å²) in [5.41, 5.74) is 0. The van der Waals surface area contributed by atoms with Crippen LogP contribution in [0.1, 0.15) is 44.4 Å². The van der Waals surface area contributed by atoms with Gasteiger partial charge in [0.25, 0.3) is 0 Å². The molecule has 0 saturated carbocycles. The third kappa shape index (κ3) is 3.47. The minimum atomic E-state index is 0.240. The van der Waals surface area contributed by atoms with E-state index in [0.29, 0.717) is 25.0 Å². The van der Waals surface area contributed by atoms with Crippen molar-refractivity contribution in [1.82, 2.24) is 14.9 Å². The number of piperidine rings is 1. The minimum Gasteiger partial charge on any atom is -0.369 e. The van der Waals surface area contributed by atoms with Crippen LogP contribution < -0.4 is 5.32 Å². The SMILES string of the molecule is Cc1cc2c(NCCC(=O)N3C(C)CCCC3C)ncnc2s1. The molecule has 6 heteroatoms. The molecule has 0 aliphatic carbocycles. The number of aromatic nitrogens is 2. The highest BCUT2D eigenvalue weighted by molar-refractivity contribution is 7.18. The van der Waals surface area contributed by atoms with Gasteiger partial charge < -0.3 is 10.2 Å². The molecular formula is C17H24N4OS. The monoisotopic (exact) mass is 332 g/mol. The number of thiophene rings is 1. The molecule has 5 nitrogen and oxygen atoms in total. The molecule has 124 valence electrons. The Morgan fingerprint density at radius 1 is 1.35 bits per heavy atom. The fourth-order valence-electron chi connectivity index (χ4n) is 3.45. The average Bonchev–Trinajstić information content (AvgIpc) is 2.88. The number of aryl methyl sites for hydroxylation is 1. The number of amides is 1. The Labute approximate surface area is 141 Å². The van der Waals surface area contributed by atoms with Crippen LogP contribution >= 0.6 is 11.3 Å². The maximum atomic E-state index is 12.5. The molecule has 1 aliphatic rings. The van der Waals surface area contributed by atoms with Crippen molar-refractivity contribution in [3.05, 3.63) is 17.3 Å². The van der Waals surface area contributed by atoms with Crippen molar-refractivity contribution in [3.63, 3.8) is 0 Å². The van der Waals surface area contributed by atoms with E-state index in [1.54, 1.807) is 17.7 Å². The van der Waals surface area contributed by atoms with Gasteiger partial charge in [0, 0.05) is 29.9 Å². The van der Waals surface area contributed by atoms with Gasteiger partial charge in [0.05, 0.1) is 5.39 Å². The Bertz CT molecular complexity index is 689. The number of nitrogens with one attached hydrogen (secondary N) is 1.